The Balaban J connectivity index is 2.06. The van der Waals surface area contributed by atoms with Gasteiger partial charge in [0.2, 0.25) is 6.35 Å². The van der Waals surface area contributed by atoms with Gasteiger partial charge in [-0.05, 0) is 0 Å². The topological polar surface area (TPSA) is 45.2 Å². The summed E-state index contributed by atoms with van der Waals surface area (Å²) < 4.78 is 11.9. The van der Waals surface area contributed by atoms with E-state index in [9.17, 15) is 0 Å². The van der Waals surface area contributed by atoms with Gasteiger partial charge in [-0.25, -0.2) is 4.42 Å². The second kappa shape index (κ2) is 6.08. The molecule has 0 saturated carbocycles. The first-order chi connectivity index (χ1) is 6.75. The molecule has 0 radical (unpaired) electrons. The second-order valence-corrected chi connectivity index (χ2v) is 3.23. The van der Waals surface area contributed by atoms with Crippen molar-refractivity contribution in [1.82, 2.24) is 9.32 Å². The van der Waals surface area contributed by atoms with Crippen molar-refractivity contribution < 1.29 is 14.6 Å². The summed E-state index contributed by atoms with van der Waals surface area (Å²) in [6.07, 6.45) is 3.28. The molecule has 0 saturated heterocycles. The van der Waals surface area contributed by atoms with Gasteiger partial charge in [0, 0.05) is 31.2 Å². The Kier molecular flexibility index (Phi) is 5.03. The maximum atomic E-state index is 8.45. The number of halogens is 1. The Morgan fingerprint density at radius 2 is 2.14 bits per heavy atom. The molecule has 0 bridgehead atoms. The molecule has 0 aromatic carbocycles. The number of rotatable bonds is 6. The minimum absolute atomic E-state index is 0.0342. The zero-order chi connectivity index (χ0) is 10.4. The molecule has 1 atom stereocenters. The fourth-order valence-corrected chi connectivity index (χ4v) is 1.30. The summed E-state index contributed by atoms with van der Waals surface area (Å²) >= 11 is 5.81. The van der Waals surface area contributed by atoms with Crippen LogP contribution in [0.3, 0.4) is 0 Å². The minimum atomic E-state index is -0.269. The number of hydrogen-bond acceptors (Lipinski definition) is 5. The molecule has 82 valence electrons. The van der Waals surface area contributed by atoms with Crippen LogP contribution in [0.25, 0.3) is 0 Å². The lowest BCUT2D eigenvalue weighted by molar-refractivity contribution is -0.0848. The fourth-order valence-electron chi connectivity index (χ4n) is 1.06. The van der Waals surface area contributed by atoms with E-state index in [1.807, 2.05) is 18.1 Å². The molecule has 6 heteroatoms. The van der Waals surface area contributed by atoms with Crippen LogP contribution in [-0.2, 0) is 9.47 Å². The lowest BCUT2D eigenvalue weighted by Crippen LogP contribution is -2.35. The van der Waals surface area contributed by atoms with Crippen molar-refractivity contribution in [3.8, 4) is 0 Å². The van der Waals surface area contributed by atoms with E-state index in [4.69, 9.17) is 26.4 Å². The van der Waals surface area contributed by atoms with Gasteiger partial charge in [-0.2, -0.15) is 0 Å². The fraction of sp³-hybridized carbons (Fsp3) is 0.750. The van der Waals surface area contributed by atoms with Gasteiger partial charge >= 0.3 is 0 Å². The Morgan fingerprint density at radius 3 is 2.71 bits per heavy atom. The summed E-state index contributed by atoms with van der Waals surface area (Å²) in [5.74, 6) is 0. The van der Waals surface area contributed by atoms with Crippen LogP contribution >= 0.6 is 11.8 Å². The molecule has 0 aromatic rings. The molecule has 5 nitrogen and oxygen atoms in total. The molecular weight excluding hydrogens is 208 g/mol. The highest BCUT2D eigenvalue weighted by Crippen LogP contribution is 2.16. The first-order valence-corrected chi connectivity index (χ1v) is 4.74. The van der Waals surface area contributed by atoms with E-state index in [1.54, 1.807) is 6.20 Å². The third kappa shape index (κ3) is 3.34. The largest absolute Gasteiger partial charge is 0.394 e. The number of ether oxygens (including phenoxy) is 2. The standard InChI is InChI=1S/C8H15ClN2O3/c1-10-2-3-11(9)8(10)14-7-6-13-5-4-12/h2-3,8,12H,4-7H2,1H3. The van der Waals surface area contributed by atoms with E-state index in [1.165, 1.54) is 4.42 Å². The summed E-state index contributed by atoms with van der Waals surface area (Å²) in [5, 5.41) is 8.45. The average Bonchev–Trinajstić information content (AvgIpc) is 2.48. The maximum absolute atomic E-state index is 8.45. The Labute approximate surface area is 88.6 Å². The molecule has 0 fully saturated rings. The third-order valence-corrected chi connectivity index (χ3v) is 2.01. The molecule has 14 heavy (non-hydrogen) atoms. The molecule has 1 heterocycles. The summed E-state index contributed by atoms with van der Waals surface area (Å²) in [7, 11) is 1.87. The molecule has 0 amide bonds. The predicted molar refractivity (Wildman–Crippen MR) is 52.2 cm³/mol. The summed E-state index contributed by atoms with van der Waals surface area (Å²) in [6.45, 7) is 1.27. The van der Waals surface area contributed by atoms with Gasteiger partial charge in [0.1, 0.15) is 0 Å². The smallest absolute Gasteiger partial charge is 0.223 e. The van der Waals surface area contributed by atoms with Gasteiger partial charge in [-0.15, -0.1) is 0 Å². The van der Waals surface area contributed by atoms with Crippen molar-refractivity contribution >= 4 is 11.8 Å². The predicted octanol–water partition coefficient (Wildman–Crippen LogP) is 0.168. The zero-order valence-electron chi connectivity index (χ0n) is 8.10. The van der Waals surface area contributed by atoms with Gasteiger partial charge in [0.25, 0.3) is 0 Å². The Hall–Kier alpha value is -0.490. The van der Waals surface area contributed by atoms with Crippen LogP contribution < -0.4 is 0 Å². The molecule has 1 aliphatic rings. The van der Waals surface area contributed by atoms with Crippen LogP contribution in [0.15, 0.2) is 12.4 Å². The van der Waals surface area contributed by atoms with Crippen LogP contribution in [0.4, 0.5) is 0 Å². The lowest BCUT2D eigenvalue weighted by Gasteiger charge is -2.24. The van der Waals surface area contributed by atoms with Crippen molar-refractivity contribution in [1.29, 1.82) is 0 Å². The molecule has 1 N–H and O–H groups in total. The van der Waals surface area contributed by atoms with Crippen molar-refractivity contribution in [3.63, 3.8) is 0 Å². The van der Waals surface area contributed by atoms with E-state index < -0.39 is 0 Å². The molecule has 0 spiro atoms. The first kappa shape index (κ1) is 11.6. The summed E-state index contributed by atoms with van der Waals surface area (Å²) in [5.41, 5.74) is 0. The van der Waals surface area contributed by atoms with Crippen LogP contribution in [0.2, 0.25) is 0 Å². The van der Waals surface area contributed by atoms with E-state index in [0.717, 1.165) is 0 Å². The number of nitrogens with zero attached hydrogens (tertiary/aromatic N) is 2. The van der Waals surface area contributed by atoms with Gasteiger partial charge in [0.05, 0.1) is 26.4 Å². The third-order valence-electron chi connectivity index (χ3n) is 1.73. The Bertz CT molecular complexity index is 179. The number of aliphatic hydroxyl groups excluding tert-OH is 1. The zero-order valence-corrected chi connectivity index (χ0v) is 8.85. The highest BCUT2D eigenvalue weighted by atomic mass is 35.5. The van der Waals surface area contributed by atoms with Crippen molar-refractivity contribution in [3.05, 3.63) is 12.4 Å². The molecule has 1 unspecified atom stereocenters. The van der Waals surface area contributed by atoms with E-state index in [-0.39, 0.29) is 13.0 Å². The normalized spacial score (nSPS) is 20.9. The number of hydrogen-bond donors (Lipinski definition) is 1. The van der Waals surface area contributed by atoms with Crippen LogP contribution in [0, 0.1) is 0 Å². The first-order valence-electron chi connectivity index (χ1n) is 4.40. The Morgan fingerprint density at radius 1 is 1.36 bits per heavy atom. The highest BCUT2D eigenvalue weighted by Gasteiger charge is 2.22. The van der Waals surface area contributed by atoms with E-state index in [2.05, 4.69) is 0 Å². The summed E-state index contributed by atoms with van der Waals surface area (Å²) in [4.78, 5) is 1.85. The van der Waals surface area contributed by atoms with Crippen LogP contribution in [0.1, 0.15) is 0 Å². The summed E-state index contributed by atoms with van der Waals surface area (Å²) in [6, 6.07) is 0. The quantitative estimate of drug-likeness (QED) is 0.513. The maximum Gasteiger partial charge on any atom is 0.223 e. The second-order valence-electron chi connectivity index (χ2n) is 2.84. The van der Waals surface area contributed by atoms with Gasteiger partial charge in [0.15, 0.2) is 0 Å². The SMILES string of the molecule is CN1C=CN(Cl)C1OCCOCCO. The van der Waals surface area contributed by atoms with E-state index in [0.29, 0.717) is 19.8 Å². The highest BCUT2D eigenvalue weighted by molar-refractivity contribution is 6.14. The molecule has 0 aliphatic carbocycles. The van der Waals surface area contributed by atoms with Crippen LogP contribution in [-0.4, -0.2) is 54.3 Å². The monoisotopic (exact) mass is 222 g/mol. The van der Waals surface area contributed by atoms with Gasteiger partial charge < -0.3 is 19.5 Å². The molecular formula is C8H15ClN2O3. The van der Waals surface area contributed by atoms with Gasteiger partial charge in [-0.1, -0.05) is 0 Å². The van der Waals surface area contributed by atoms with E-state index >= 15 is 0 Å². The van der Waals surface area contributed by atoms with Crippen molar-refractivity contribution in [2.75, 3.05) is 33.5 Å². The van der Waals surface area contributed by atoms with Crippen LogP contribution in [0.5, 0.6) is 0 Å². The molecule has 1 rings (SSSR count). The van der Waals surface area contributed by atoms with Gasteiger partial charge in [-0.3, -0.25) is 0 Å². The van der Waals surface area contributed by atoms with Crippen molar-refractivity contribution in [2.24, 2.45) is 0 Å². The minimum Gasteiger partial charge on any atom is -0.394 e. The number of aliphatic hydroxyl groups is 1. The lowest BCUT2D eigenvalue weighted by atomic mass is 10.7. The average molecular weight is 223 g/mol. The molecule has 1 aliphatic heterocycles. The molecule has 0 aromatic heterocycles. The van der Waals surface area contributed by atoms with Crippen molar-refractivity contribution in [2.45, 2.75) is 6.35 Å².